The summed E-state index contributed by atoms with van der Waals surface area (Å²) in [6, 6.07) is 11.8. The van der Waals surface area contributed by atoms with Gasteiger partial charge < -0.3 is 29.6 Å². The van der Waals surface area contributed by atoms with E-state index in [0.29, 0.717) is 36.1 Å². The van der Waals surface area contributed by atoms with Crippen molar-refractivity contribution in [2.24, 2.45) is 0 Å². The summed E-state index contributed by atoms with van der Waals surface area (Å²) in [5, 5.41) is 5.63. The molecule has 28 heavy (non-hydrogen) atoms. The average molecular weight is 384 g/mol. The molecule has 2 aliphatic heterocycles. The van der Waals surface area contributed by atoms with Crippen molar-refractivity contribution in [2.75, 3.05) is 32.2 Å². The first kappa shape index (κ1) is 18.1. The number of nitrogens with one attached hydrogen (secondary N) is 2. The first-order chi connectivity index (χ1) is 13.7. The highest BCUT2D eigenvalue weighted by atomic mass is 16.6. The molecule has 0 aromatic heterocycles. The first-order valence-corrected chi connectivity index (χ1v) is 8.90. The fourth-order valence-electron chi connectivity index (χ4n) is 3.25. The fraction of sp³-hybridized carbons (Fsp3) is 0.300. The first-order valence-electron chi connectivity index (χ1n) is 8.90. The van der Waals surface area contributed by atoms with Gasteiger partial charge in [-0.05, 0) is 18.2 Å². The fourth-order valence-corrected chi connectivity index (χ4v) is 3.25. The van der Waals surface area contributed by atoms with Crippen LogP contribution in [0.15, 0.2) is 42.5 Å². The standard InChI is InChI=1S/C20H20N2O6/c1-25-11-17(23)22-18-13-4-2-3-5-14(13)28-19(18)20(24)21-12-6-7-15-16(10-12)27-9-8-26-15/h2-7,10,18-19H,8-9,11H2,1H3,(H,21,24)(H,22,23). The van der Waals surface area contributed by atoms with Crippen molar-refractivity contribution < 1.29 is 28.5 Å². The van der Waals surface area contributed by atoms with Gasteiger partial charge in [0.05, 0.1) is 0 Å². The van der Waals surface area contributed by atoms with Gasteiger partial charge in [0.25, 0.3) is 5.91 Å². The van der Waals surface area contributed by atoms with Crippen molar-refractivity contribution in [2.45, 2.75) is 12.1 Å². The summed E-state index contributed by atoms with van der Waals surface area (Å²) in [5.74, 6) is 1.07. The monoisotopic (exact) mass is 384 g/mol. The largest absolute Gasteiger partial charge is 0.486 e. The molecule has 2 aromatic rings. The molecule has 8 heteroatoms. The molecular weight excluding hydrogens is 364 g/mol. The summed E-state index contributed by atoms with van der Waals surface area (Å²) in [7, 11) is 1.44. The Morgan fingerprint density at radius 1 is 1.07 bits per heavy atom. The number of rotatable bonds is 5. The number of ether oxygens (including phenoxy) is 4. The Balaban J connectivity index is 1.53. The highest BCUT2D eigenvalue weighted by molar-refractivity contribution is 5.96. The highest BCUT2D eigenvalue weighted by Crippen LogP contribution is 2.37. The molecule has 0 fully saturated rings. The third-order valence-corrected chi connectivity index (χ3v) is 4.47. The van der Waals surface area contributed by atoms with Crippen molar-refractivity contribution in [3.63, 3.8) is 0 Å². The van der Waals surface area contributed by atoms with E-state index in [2.05, 4.69) is 10.6 Å². The molecule has 2 atom stereocenters. The average Bonchev–Trinajstić information content (AvgIpc) is 3.07. The molecule has 2 N–H and O–H groups in total. The van der Waals surface area contributed by atoms with Crippen LogP contribution in [0, 0.1) is 0 Å². The quantitative estimate of drug-likeness (QED) is 0.814. The molecule has 0 radical (unpaired) electrons. The zero-order valence-corrected chi connectivity index (χ0v) is 15.3. The van der Waals surface area contributed by atoms with Gasteiger partial charge in [0.2, 0.25) is 12.0 Å². The molecule has 146 valence electrons. The molecule has 0 spiro atoms. The maximum absolute atomic E-state index is 12.9. The van der Waals surface area contributed by atoms with E-state index in [1.165, 1.54) is 7.11 Å². The number of hydrogen-bond donors (Lipinski definition) is 2. The summed E-state index contributed by atoms with van der Waals surface area (Å²) < 4.78 is 21.7. The van der Waals surface area contributed by atoms with Crippen molar-refractivity contribution >= 4 is 17.5 Å². The number of benzene rings is 2. The Hall–Kier alpha value is -3.26. The van der Waals surface area contributed by atoms with Crippen LogP contribution in [-0.2, 0) is 14.3 Å². The van der Waals surface area contributed by atoms with Crippen LogP contribution >= 0.6 is 0 Å². The van der Waals surface area contributed by atoms with Crippen LogP contribution in [0.3, 0.4) is 0 Å². The molecule has 2 aromatic carbocycles. The molecule has 0 bridgehead atoms. The van der Waals surface area contributed by atoms with Gasteiger partial charge in [-0.2, -0.15) is 0 Å². The normalized spacial score (nSPS) is 19.3. The van der Waals surface area contributed by atoms with Gasteiger partial charge in [-0.3, -0.25) is 9.59 Å². The third kappa shape index (κ3) is 3.59. The van der Waals surface area contributed by atoms with E-state index in [1.807, 2.05) is 18.2 Å². The SMILES string of the molecule is COCC(=O)NC1c2ccccc2OC1C(=O)Nc1ccc2c(c1)OCCO2. The molecular formula is C20H20N2O6. The lowest BCUT2D eigenvalue weighted by Crippen LogP contribution is -2.43. The smallest absolute Gasteiger partial charge is 0.268 e. The highest BCUT2D eigenvalue weighted by Gasteiger charge is 2.40. The van der Waals surface area contributed by atoms with Crippen LogP contribution in [-0.4, -0.2) is 44.8 Å². The lowest BCUT2D eigenvalue weighted by Gasteiger charge is -2.21. The van der Waals surface area contributed by atoms with Crippen molar-refractivity contribution in [1.29, 1.82) is 0 Å². The minimum absolute atomic E-state index is 0.102. The van der Waals surface area contributed by atoms with Crippen molar-refractivity contribution in [3.05, 3.63) is 48.0 Å². The van der Waals surface area contributed by atoms with E-state index in [9.17, 15) is 9.59 Å². The van der Waals surface area contributed by atoms with Crippen molar-refractivity contribution in [3.8, 4) is 17.2 Å². The molecule has 2 amide bonds. The topological polar surface area (TPSA) is 95.1 Å². The Morgan fingerprint density at radius 2 is 1.86 bits per heavy atom. The number of amides is 2. The number of carbonyl (C=O) groups is 2. The Labute approximate surface area is 161 Å². The Morgan fingerprint density at radius 3 is 2.68 bits per heavy atom. The maximum atomic E-state index is 12.9. The van der Waals surface area contributed by atoms with Gasteiger partial charge >= 0.3 is 0 Å². The van der Waals surface area contributed by atoms with Crippen LogP contribution in [0.1, 0.15) is 11.6 Å². The van der Waals surface area contributed by atoms with Gasteiger partial charge in [0.15, 0.2) is 11.5 Å². The second-order valence-electron chi connectivity index (χ2n) is 6.40. The van der Waals surface area contributed by atoms with Gasteiger partial charge in [-0.1, -0.05) is 18.2 Å². The van der Waals surface area contributed by atoms with Crippen molar-refractivity contribution in [1.82, 2.24) is 5.32 Å². The second kappa shape index (κ2) is 7.77. The summed E-state index contributed by atoms with van der Waals surface area (Å²) in [6.45, 7) is 0.851. The van der Waals surface area contributed by atoms with E-state index in [0.717, 1.165) is 5.56 Å². The van der Waals surface area contributed by atoms with Crippen LogP contribution in [0.25, 0.3) is 0 Å². The number of anilines is 1. The molecule has 0 saturated carbocycles. The number of fused-ring (bicyclic) bond motifs is 2. The van der Waals surface area contributed by atoms with Crippen LogP contribution in [0.2, 0.25) is 0 Å². The molecule has 2 aliphatic rings. The zero-order valence-electron chi connectivity index (χ0n) is 15.3. The van der Waals surface area contributed by atoms with Gasteiger partial charge in [0.1, 0.15) is 31.6 Å². The second-order valence-corrected chi connectivity index (χ2v) is 6.40. The molecule has 0 saturated heterocycles. The molecule has 0 aliphatic carbocycles. The van der Waals surface area contributed by atoms with E-state index in [4.69, 9.17) is 18.9 Å². The summed E-state index contributed by atoms with van der Waals surface area (Å²) >= 11 is 0. The molecule has 2 unspecified atom stereocenters. The predicted octanol–water partition coefficient (Wildman–Crippen LogP) is 1.66. The van der Waals surface area contributed by atoms with Gasteiger partial charge in [-0.15, -0.1) is 0 Å². The van der Waals surface area contributed by atoms with E-state index < -0.39 is 12.1 Å². The van der Waals surface area contributed by atoms with Crippen LogP contribution < -0.4 is 24.8 Å². The number of methoxy groups -OCH3 is 1. The minimum Gasteiger partial charge on any atom is -0.486 e. The Bertz CT molecular complexity index is 900. The predicted molar refractivity (Wildman–Crippen MR) is 99.7 cm³/mol. The van der Waals surface area contributed by atoms with E-state index in [1.54, 1.807) is 24.3 Å². The van der Waals surface area contributed by atoms with Crippen LogP contribution in [0.5, 0.6) is 17.2 Å². The number of hydrogen-bond acceptors (Lipinski definition) is 6. The van der Waals surface area contributed by atoms with Gasteiger partial charge in [-0.25, -0.2) is 0 Å². The molecule has 8 nitrogen and oxygen atoms in total. The summed E-state index contributed by atoms with van der Waals surface area (Å²) in [6.07, 6.45) is -0.911. The number of carbonyl (C=O) groups excluding carboxylic acids is 2. The molecule has 4 rings (SSSR count). The Kier molecular flexibility index (Phi) is 5.03. The van der Waals surface area contributed by atoms with Crippen LogP contribution in [0.4, 0.5) is 5.69 Å². The summed E-state index contributed by atoms with van der Waals surface area (Å²) in [4.78, 5) is 25.0. The number of para-hydroxylation sites is 1. The lowest BCUT2D eigenvalue weighted by atomic mass is 10.0. The molecule has 2 heterocycles. The lowest BCUT2D eigenvalue weighted by molar-refractivity contribution is -0.128. The van der Waals surface area contributed by atoms with E-state index >= 15 is 0 Å². The minimum atomic E-state index is -0.911. The zero-order chi connectivity index (χ0) is 19.5. The summed E-state index contributed by atoms with van der Waals surface area (Å²) in [5.41, 5.74) is 1.30. The van der Waals surface area contributed by atoms with Gasteiger partial charge in [0, 0.05) is 24.4 Å². The maximum Gasteiger partial charge on any atom is 0.268 e. The third-order valence-electron chi connectivity index (χ3n) is 4.47. The van der Waals surface area contributed by atoms with E-state index in [-0.39, 0.29) is 18.4 Å².